The number of rotatable bonds is 12. The Bertz CT molecular complexity index is 372. The SMILES string of the molecule is CCCCCCCCNC(C)c1ccc(OCC(C)C)cc1. The van der Waals surface area contributed by atoms with Crippen molar-refractivity contribution in [2.24, 2.45) is 5.92 Å². The zero-order valence-electron chi connectivity index (χ0n) is 15.0. The van der Waals surface area contributed by atoms with Gasteiger partial charge in [-0.15, -0.1) is 0 Å². The Morgan fingerprint density at radius 2 is 1.55 bits per heavy atom. The minimum Gasteiger partial charge on any atom is -0.493 e. The van der Waals surface area contributed by atoms with Gasteiger partial charge in [-0.1, -0.05) is 65.0 Å². The average molecular weight is 306 g/mol. The van der Waals surface area contributed by atoms with Gasteiger partial charge in [0.05, 0.1) is 6.61 Å². The van der Waals surface area contributed by atoms with Crippen LogP contribution in [0.2, 0.25) is 0 Å². The van der Waals surface area contributed by atoms with Crippen molar-refractivity contribution in [3.63, 3.8) is 0 Å². The first-order valence-corrected chi connectivity index (χ1v) is 9.09. The third kappa shape index (κ3) is 8.43. The van der Waals surface area contributed by atoms with E-state index in [9.17, 15) is 0 Å². The van der Waals surface area contributed by atoms with Crippen molar-refractivity contribution < 1.29 is 4.74 Å². The van der Waals surface area contributed by atoms with Gasteiger partial charge in [0.1, 0.15) is 5.75 Å². The molecular formula is C20H35NO. The molecule has 0 aliphatic heterocycles. The fourth-order valence-electron chi connectivity index (χ4n) is 2.46. The van der Waals surface area contributed by atoms with Gasteiger partial charge in [0.2, 0.25) is 0 Å². The molecule has 0 heterocycles. The molecular weight excluding hydrogens is 270 g/mol. The van der Waals surface area contributed by atoms with Crippen LogP contribution in [0, 0.1) is 5.92 Å². The van der Waals surface area contributed by atoms with Gasteiger partial charge in [0.25, 0.3) is 0 Å². The fraction of sp³-hybridized carbons (Fsp3) is 0.700. The molecule has 0 radical (unpaired) electrons. The van der Waals surface area contributed by atoms with Gasteiger partial charge in [-0.3, -0.25) is 0 Å². The summed E-state index contributed by atoms with van der Waals surface area (Å²) >= 11 is 0. The molecule has 1 unspecified atom stereocenters. The van der Waals surface area contributed by atoms with E-state index in [0.29, 0.717) is 12.0 Å². The van der Waals surface area contributed by atoms with Crippen LogP contribution < -0.4 is 10.1 Å². The van der Waals surface area contributed by atoms with Crippen molar-refractivity contribution in [2.45, 2.75) is 72.3 Å². The lowest BCUT2D eigenvalue weighted by Gasteiger charge is -2.15. The van der Waals surface area contributed by atoms with Crippen LogP contribution in [-0.2, 0) is 0 Å². The topological polar surface area (TPSA) is 21.3 Å². The van der Waals surface area contributed by atoms with E-state index < -0.39 is 0 Å². The van der Waals surface area contributed by atoms with Gasteiger partial charge in [0, 0.05) is 6.04 Å². The highest BCUT2D eigenvalue weighted by atomic mass is 16.5. The summed E-state index contributed by atoms with van der Waals surface area (Å²) in [6.07, 6.45) is 8.11. The number of hydrogen-bond donors (Lipinski definition) is 1. The molecule has 0 aromatic heterocycles. The zero-order chi connectivity index (χ0) is 16.2. The predicted molar refractivity (Wildman–Crippen MR) is 96.6 cm³/mol. The van der Waals surface area contributed by atoms with Gasteiger partial charge < -0.3 is 10.1 Å². The molecule has 0 aliphatic rings. The number of unbranched alkanes of at least 4 members (excludes halogenated alkanes) is 5. The van der Waals surface area contributed by atoms with Gasteiger partial charge in [-0.25, -0.2) is 0 Å². The van der Waals surface area contributed by atoms with E-state index in [4.69, 9.17) is 4.74 Å². The normalized spacial score (nSPS) is 12.6. The van der Waals surface area contributed by atoms with Gasteiger partial charge >= 0.3 is 0 Å². The van der Waals surface area contributed by atoms with Crippen LogP contribution in [0.5, 0.6) is 5.75 Å². The summed E-state index contributed by atoms with van der Waals surface area (Å²) in [7, 11) is 0. The molecule has 1 aromatic rings. The van der Waals surface area contributed by atoms with Crippen molar-refractivity contribution in [1.82, 2.24) is 5.32 Å². The highest BCUT2D eigenvalue weighted by Crippen LogP contribution is 2.18. The Morgan fingerprint density at radius 3 is 2.18 bits per heavy atom. The first-order valence-electron chi connectivity index (χ1n) is 9.09. The maximum Gasteiger partial charge on any atom is 0.119 e. The summed E-state index contributed by atoms with van der Waals surface area (Å²) < 4.78 is 5.73. The average Bonchev–Trinajstić information content (AvgIpc) is 2.52. The molecule has 22 heavy (non-hydrogen) atoms. The van der Waals surface area contributed by atoms with Crippen molar-refractivity contribution in [1.29, 1.82) is 0 Å². The number of benzene rings is 1. The second-order valence-corrected chi connectivity index (χ2v) is 6.72. The highest BCUT2D eigenvalue weighted by molar-refractivity contribution is 5.28. The molecule has 0 bridgehead atoms. The first-order chi connectivity index (χ1) is 10.6. The van der Waals surface area contributed by atoms with Crippen molar-refractivity contribution in [3.05, 3.63) is 29.8 Å². The predicted octanol–water partition coefficient (Wildman–Crippen LogP) is 5.73. The molecule has 1 rings (SSSR count). The minimum absolute atomic E-state index is 0.412. The zero-order valence-corrected chi connectivity index (χ0v) is 15.0. The molecule has 1 N–H and O–H groups in total. The van der Waals surface area contributed by atoms with Crippen molar-refractivity contribution >= 4 is 0 Å². The maximum absolute atomic E-state index is 5.73. The van der Waals surface area contributed by atoms with Crippen molar-refractivity contribution in [2.75, 3.05) is 13.2 Å². The summed E-state index contributed by atoms with van der Waals surface area (Å²) in [6.45, 7) is 10.7. The van der Waals surface area contributed by atoms with E-state index in [1.165, 1.54) is 44.1 Å². The largest absolute Gasteiger partial charge is 0.493 e. The van der Waals surface area contributed by atoms with Gasteiger partial charge in [-0.2, -0.15) is 0 Å². The Morgan fingerprint density at radius 1 is 0.909 bits per heavy atom. The molecule has 0 saturated carbocycles. The highest BCUT2D eigenvalue weighted by Gasteiger charge is 2.05. The van der Waals surface area contributed by atoms with E-state index in [1.807, 2.05) is 0 Å². The third-order valence-corrected chi connectivity index (χ3v) is 3.94. The minimum atomic E-state index is 0.412. The van der Waals surface area contributed by atoms with Crippen LogP contribution in [0.4, 0.5) is 0 Å². The molecule has 0 aliphatic carbocycles. The molecule has 2 heteroatoms. The molecule has 2 nitrogen and oxygen atoms in total. The lowest BCUT2D eigenvalue weighted by Crippen LogP contribution is -2.19. The number of ether oxygens (including phenoxy) is 1. The lowest BCUT2D eigenvalue weighted by atomic mass is 10.1. The van der Waals surface area contributed by atoms with Crippen LogP contribution >= 0.6 is 0 Å². The summed E-state index contributed by atoms with van der Waals surface area (Å²) in [6, 6.07) is 8.93. The van der Waals surface area contributed by atoms with Crippen LogP contribution in [0.25, 0.3) is 0 Å². The van der Waals surface area contributed by atoms with Crippen LogP contribution in [-0.4, -0.2) is 13.2 Å². The molecule has 0 fully saturated rings. The monoisotopic (exact) mass is 305 g/mol. The maximum atomic E-state index is 5.73. The smallest absolute Gasteiger partial charge is 0.119 e. The molecule has 0 amide bonds. The second kappa shape index (κ2) is 11.5. The molecule has 0 spiro atoms. The third-order valence-electron chi connectivity index (χ3n) is 3.94. The summed E-state index contributed by atoms with van der Waals surface area (Å²) in [4.78, 5) is 0. The first kappa shape index (κ1) is 19.0. The van der Waals surface area contributed by atoms with E-state index in [0.717, 1.165) is 18.9 Å². The molecule has 1 aromatic carbocycles. The number of hydrogen-bond acceptors (Lipinski definition) is 2. The summed E-state index contributed by atoms with van der Waals surface area (Å²) in [5, 5.41) is 3.62. The van der Waals surface area contributed by atoms with E-state index in [2.05, 4.69) is 57.3 Å². The van der Waals surface area contributed by atoms with Gasteiger partial charge in [0.15, 0.2) is 0 Å². The van der Waals surface area contributed by atoms with Gasteiger partial charge in [-0.05, 0) is 43.5 Å². The number of nitrogens with one attached hydrogen (secondary N) is 1. The molecule has 0 saturated heterocycles. The Hall–Kier alpha value is -1.02. The van der Waals surface area contributed by atoms with E-state index in [-0.39, 0.29) is 0 Å². The van der Waals surface area contributed by atoms with Crippen LogP contribution in [0.3, 0.4) is 0 Å². The van der Waals surface area contributed by atoms with Crippen LogP contribution in [0.1, 0.15) is 77.8 Å². The standard InChI is InChI=1S/C20H35NO/c1-5-6-7-8-9-10-15-21-18(4)19-11-13-20(14-12-19)22-16-17(2)3/h11-14,17-18,21H,5-10,15-16H2,1-4H3. The Balaban J connectivity index is 2.20. The van der Waals surface area contributed by atoms with E-state index in [1.54, 1.807) is 0 Å². The van der Waals surface area contributed by atoms with Crippen molar-refractivity contribution in [3.8, 4) is 5.75 Å². The molecule has 1 atom stereocenters. The Labute approximate surface area is 137 Å². The summed E-state index contributed by atoms with van der Waals surface area (Å²) in [5.41, 5.74) is 1.34. The quantitative estimate of drug-likeness (QED) is 0.498. The van der Waals surface area contributed by atoms with Crippen LogP contribution in [0.15, 0.2) is 24.3 Å². The molecule has 126 valence electrons. The Kier molecular flexibility index (Phi) is 9.98. The lowest BCUT2D eigenvalue weighted by molar-refractivity contribution is 0.271. The van der Waals surface area contributed by atoms with E-state index >= 15 is 0 Å². The fourth-order valence-corrected chi connectivity index (χ4v) is 2.46. The summed E-state index contributed by atoms with van der Waals surface area (Å²) in [5.74, 6) is 1.54. The second-order valence-electron chi connectivity index (χ2n) is 6.72.